The number of hydrogen-bond acceptors (Lipinski definition) is 4. The minimum Gasteiger partial charge on any atom is -0.481 e. The second-order valence-electron chi connectivity index (χ2n) is 5.53. The van der Waals surface area contributed by atoms with E-state index in [1.54, 1.807) is 0 Å². The van der Waals surface area contributed by atoms with E-state index in [1.165, 1.54) is 5.56 Å². The van der Waals surface area contributed by atoms with E-state index < -0.39 is 5.97 Å². The first-order chi connectivity index (χ1) is 10.1. The van der Waals surface area contributed by atoms with Gasteiger partial charge in [-0.2, -0.15) is 0 Å². The monoisotopic (exact) mass is 289 g/mol. The number of carboxylic acid groups (broad SMARTS) is 1. The number of carboxylic acids is 1. The van der Waals surface area contributed by atoms with E-state index in [1.807, 2.05) is 22.7 Å². The summed E-state index contributed by atoms with van der Waals surface area (Å²) in [4.78, 5) is 17.6. The maximum Gasteiger partial charge on any atom is 0.306 e. The first-order valence-corrected chi connectivity index (χ1v) is 7.10. The highest BCUT2D eigenvalue weighted by molar-refractivity contribution is 5.67. The normalized spacial score (nSPS) is 20.0. The summed E-state index contributed by atoms with van der Waals surface area (Å²) in [6, 6.07) is 4.05. The van der Waals surface area contributed by atoms with Crippen LogP contribution in [0.5, 0.6) is 0 Å². The molecular weight excluding hydrogens is 270 g/mol. The summed E-state index contributed by atoms with van der Waals surface area (Å²) in [5.41, 5.74) is 3.13. The number of morpholine rings is 1. The van der Waals surface area contributed by atoms with Crippen LogP contribution in [-0.2, 0) is 16.1 Å². The van der Waals surface area contributed by atoms with Gasteiger partial charge in [-0.15, -0.1) is 0 Å². The van der Waals surface area contributed by atoms with Crippen molar-refractivity contribution in [2.75, 3.05) is 19.7 Å². The van der Waals surface area contributed by atoms with Crippen molar-refractivity contribution < 1.29 is 14.6 Å². The van der Waals surface area contributed by atoms with Crippen LogP contribution in [-0.4, -0.2) is 51.2 Å². The summed E-state index contributed by atoms with van der Waals surface area (Å²) in [5.74, 6) is -0.815. The molecule has 6 nitrogen and oxygen atoms in total. The number of aryl methyl sites for hydroxylation is 1. The molecule has 1 unspecified atom stereocenters. The van der Waals surface area contributed by atoms with Gasteiger partial charge in [-0.05, 0) is 18.6 Å². The molecule has 21 heavy (non-hydrogen) atoms. The van der Waals surface area contributed by atoms with Crippen LogP contribution < -0.4 is 0 Å². The molecule has 3 heterocycles. The summed E-state index contributed by atoms with van der Waals surface area (Å²) in [6.45, 7) is 4.80. The van der Waals surface area contributed by atoms with Crippen molar-refractivity contribution in [3.63, 3.8) is 0 Å². The van der Waals surface area contributed by atoms with Crippen molar-refractivity contribution in [3.05, 3.63) is 35.8 Å². The lowest BCUT2D eigenvalue weighted by atomic mass is 10.2. The van der Waals surface area contributed by atoms with Crippen LogP contribution in [0.2, 0.25) is 0 Å². The largest absolute Gasteiger partial charge is 0.481 e. The smallest absolute Gasteiger partial charge is 0.306 e. The summed E-state index contributed by atoms with van der Waals surface area (Å²) in [5, 5.41) is 8.85. The molecule has 1 aliphatic heterocycles. The number of ether oxygens (including phenoxy) is 1. The third kappa shape index (κ3) is 3.40. The Hall–Kier alpha value is -1.92. The van der Waals surface area contributed by atoms with E-state index >= 15 is 0 Å². The molecule has 0 aliphatic carbocycles. The zero-order valence-electron chi connectivity index (χ0n) is 12.0. The van der Waals surface area contributed by atoms with Gasteiger partial charge in [0.05, 0.1) is 24.8 Å². The van der Waals surface area contributed by atoms with Gasteiger partial charge < -0.3 is 14.2 Å². The van der Waals surface area contributed by atoms with E-state index in [4.69, 9.17) is 9.84 Å². The van der Waals surface area contributed by atoms with E-state index in [0.29, 0.717) is 13.2 Å². The molecule has 1 fully saturated rings. The average molecular weight is 289 g/mol. The predicted octanol–water partition coefficient (Wildman–Crippen LogP) is 1.32. The van der Waals surface area contributed by atoms with Gasteiger partial charge in [0, 0.05) is 32.0 Å². The number of hydrogen-bond donors (Lipinski definition) is 1. The lowest BCUT2D eigenvalue weighted by Gasteiger charge is -2.31. The third-order valence-electron chi connectivity index (χ3n) is 3.66. The van der Waals surface area contributed by atoms with Gasteiger partial charge in [-0.3, -0.25) is 9.69 Å². The summed E-state index contributed by atoms with van der Waals surface area (Å²) >= 11 is 0. The maximum absolute atomic E-state index is 10.8. The van der Waals surface area contributed by atoms with Gasteiger partial charge in [-0.25, -0.2) is 4.98 Å². The Labute approximate surface area is 123 Å². The minimum absolute atomic E-state index is 0.0564. The van der Waals surface area contributed by atoms with Crippen LogP contribution in [0.1, 0.15) is 17.7 Å². The fourth-order valence-electron chi connectivity index (χ4n) is 2.70. The Balaban J connectivity index is 1.68. The van der Waals surface area contributed by atoms with E-state index in [-0.39, 0.29) is 12.5 Å². The van der Waals surface area contributed by atoms with Gasteiger partial charge in [0.2, 0.25) is 0 Å². The van der Waals surface area contributed by atoms with Crippen LogP contribution in [0.25, 0.3) is 5.65 Å². The zero-order chi connectivity index (χ0) is 14.8. The topological polar surface area (TPSA) is 67.1 Å². The summed E-state index contributed by atoms with van der Waals surface area (Å²) in [6.07, 6.45) is 3.92. The molecule has 0 spiro atoms. The van der Waals surface area contributed by atoms with Crippen molar-refractivity contribution in [1.82, 2.24) is 14.3 Å². The van der Waals surface area contributed by atoms with Gasteiger partial charge in [0.1, 0.15) is 5.65 Å². The molecular formula is C15H19N3O3. The quantitative estimate of drug-likeness (QED) is 0.919. The average Bonchev–Trinajstić information content (AvgIpc) is 2.79. The first-order valence-electron chi connectivity index (χ1n) is 7.10. The van der Waals surface area contributed by atoms with Crippen LogP contribution in [0.4, 0.5) is 0 Å². The number of imidazole rings is 1. The van der Waals surface area contributed by atoms with Gasteiger partial charge in [-0.1, -0.05) is 6.07 Å². The molecule has 0 amide bonds. The van der Waals surface area contributed by atoms with E-state index in [9.17, 15) is 4.79 Å². The number of aliphatic carboxylic acids is 1. The van der Waals surface area contributed by atoms with Crippen molar-refractivity contribution in [1.29, 1.82) is 0 Å². The van der Waals surface area contributed by atoms with Crippen LogP contribution in [0, 0.1) is 6.92 Å². The van der Waals surface area contributed by atoms with E-state index in [0.717, 1.165) is 24.4 Å². The Morgan fingerprint density at radius 3 is 3.14 bits per heavy atom. The molecule has 1 aliphatic rings. The molecule has 0 saturated carbocycles. The number of rotatable bonds is 4. The van der Waals surface area contributed by atoms with Gasteiger partial charge in [0.15, 0.2) is 0 Å². The summed E-state index contributed by atoms with van der Waals surface area (Å²) < 4.78 is 7.51. The Bertz CT molecular complexity index is 653. The molecule has 0 bridgehead atoms. The fraction of sp³-hybridized carbons (Fsp3) is 0.467. The fourth-order valence-corrected chi connectivity index (χ4v) is 2.70. The second kappa shape index (κ2) is 5.83. The highest BCUT2D eigenvalue weighted by Gasteiger charge is 2.23. The number of fused-ring (bicyclic) bond motifs is 1. The first kappa shape index (κ1) is 14.0. The molecule has 112 valence electrons. The van der Waals surface area contributed by atoms with Gasteiger partial charge >= 0.3 is 5.97 Å². The van der Waals surface area contributed by atoms with Crippen LogP contribution in [0.15, 0.2) is 24.5 Å². The predicted molar refractivity (Wildman–Crippen MR) is 77.2 cm³/mol. The Morgan fingerprint density at radius 1 is 1.48 bits per heavy atom. The second-order valence-corrected chi connectivity index (χ2v) is 5.53. The van der Waals surface area contributed by atoms with Crippen molar-refractivity contribution in [3.8, 4) is 0 Å². The van der Waals surface area contributed by atoms with Crippen LogP contribution >= 0.6 is 0 Å². The molecule has 0 aromatic carbocycles. The molecule has 1 atom stereocenters. The summed E-state index contributed by atoms with van der Waals surface area (Å²) in [7, 11) is 0. The molecule has 3 rings (SSSR count). The number of nitrogens with zero attached hydrogens (tertiary/aromatic N) is 3. The van der Waals surface area contributed by atoms with Crippen molar-refractivity contribution >= 4 is 11.6 Å². The Morgan fingerprint density at radius 2 is 2.33 bits per heavy atom. The molecule has 1 N–H and O–H groups in total. The zero-order valence-corrected chi connectivity index (χ0v) is 12.0. The molecule has 2 aromatic rings. The SMILES string of the molecule is Cc1ccc2nc(CN3CCOC(CC(=O)O)C3)cn2c1. The number of carbonyl (C=O) groups is 1. The van der Waals surface area contributed by atoms with Crippen LogP contribution in [0.3, 0.4) is 0 Å². The molecule has 1 saturated heterocycles. The molecule has 6 heteroatoms. The van der Waals surface area contributed by atoms with Crippen molar-refractivity contribution in [2.24, 2.45) is 0 Å². The Kier molecular flexibility index (Phi) is 3.90. The highest BCUT2D eigenvalue weighted by Crippen LogP contribution is 2.13. The highest BCUT2D eigenvalue weighted by atomic mass is 16.5. The standard InChI is InChI=1S/C15H19N3O3/c1-11-2-3-14-16-12(9-18(14)7-11)8-17-4-5-21-13(10-17)6-15(19)20/h2-3,7,9,13H,4-6,8,10H2,1H3,(H,19,20). The molecule has 2 aromatic heterocycles. The van der Waals surface area contributed by atoms with E-state index in [2.05, 4.69) is 23.0 Å². The third-order valence-corrected chi connectivity index (χ3v) is 3.66. The number of pyridine rings is 1. The maximum atomic E-state index is 10.8. The van der Waals surface area contributed by atoms with Gasteiger partial charge in [0.25, 0.3) is 0 Å². The van der Waals surface area contributed by atoms with Crippen molar-refractivity contribution in [2.45, 2.75) is 26.0 Å². The minimum atomic E-state index is -0.815. The lowest BCUT2D eigenvalue weighted by Crippen LogP contribution is -2.42. The lowest BCUT2D eigenvalue weighted by molar-refractivity contribution is -0.142. The number of aromatic nitrogens is 2. The molecule has 0 radical (unpaired) electrons.